The van der Waals surface area contributed by atoms with Gasteiger partial charge in [-0.15, -0.1) is 11.3 Å². The number of carbonyl (C=O) groups is 2. The third kappa shape index (κ3) is 3.66. The minimum absolute atomic E-state index is 0.521. The van der Waals surface area contributed by atoms with Crippen molar-refractivity contribution in [1.82, 2.24) is 4.57 Å². The van der Waals surface area contributed by atoms with Crippen LogP contribution in [0.1, 0.15) is 20.8 Å². The molecule has 2 heterocycles. The van der Waals surface area contributed by atoms with Gasteiger partial charge in [-0.25, -0.2) is 9.59 Å². The van der Waals surface area contributed by atoms with Crippen LogP contribution in [-0.2, 0) is 4.74 Å². The number of ether oxygens (including phenoxy) is 1. The fraction of sp³-hybridized carbons (Fsp3) is 0.222. The van der Waals surface area contributed by atoms with Crippen molar-refractivity contribution in [3.8, 4) is 10.6 Å². The standard InChI is InChI=1S/C18H19N3O3S/c1-18(2,3)24-17(23)20-12-9-15(25-10-12)14-8-11-6-4-5-7-13(11)21(14)16(19)22/h4-10H,1-3H3,(H2,19,22)(H,20,23). The van der Waals surface area contributed by atoms with Gasteiger partial charge in [-0.2, -0.15) is 0 Å². The number of aromatic nitrogens is 1. The number of primary amides is 1. The molecule has 0 unspecified atom stereocenters. The molecule has 0 atom stereocenters. The summed E-state index contributed by atoms with van der Waals surface area (Å²) >= 11 is 1.41. The number of nitrogens with two attached hydrogens (primary N) is 1. The van der Waals surface area contributed by atoms with E-state index in [4.69, 9.17) is 10.5 Å². The first kappa shape index (κ1) is 17.0. The summed E-state index contributed by atoms with van der Waals surface area (Å²) in [6, 6.07) is 10.7. The van der Waals surface area contributed by atoms with E-state index < -0.39 is 17.7 Å². The van der Waals surface area contributed by atoms with Gasteiger partial charge in [0, 0.05) is 10.8 Å². The Morgan fingerprint density at radius 3 is 2.60 bits per heavy atom. The normalized spacial score (nSPS) is 11.5. The average molecular weight is 357 g/mol. The molecular weight excluding hydrogens is 338 g/mol. The number of thiophene rings is 1. The van der Waals surface area contributed by atoms with Crippen molar-refractivity contribution in [3.63, 3.8) is 0 Å². The smallest absolute Gasteiger partial charge is 0.412 e. The summed E-state index contributed by atoms with van der Waals surface area (Å²) in [7, 11) is 0. The first-order chi connectivity index (χ1) is 11.7. The van der Waals surface area contributed by atoms with Crippen LogP contribution in [0.3, 0.4) is 0 Å². The number of benzene rings is 1. The Morgan fingerprint density at radius 2 is 1.92 bits per heavy atom. The van der Waals surface area contributed by atoms with Gasteiger partial charge in [0.15, 0.2) is 0 Å². The first-order valence-corrected chi connectivity index (χ1v) is 8.62. The van der Waals surface area contributed by atoms with Crippen LogP contribution in [0.5, 0.6) is 0 Å². The minimum atomic E-state index is -0.568. The largest absolute Gasteiger partial charge is 0.444 e. The van der Waals surface area contributed by atoms with E-state index in [1.165, 1.54) is 15.9 Å². The predicted octanol–water partition coefficient (Wildman–Crippen LogP) is 4.64. The lowest BCUT2D eigenvalue weighted by molar-refractivity contribution is 0.0636. The molecule has 6 nitrogen and oxygen atoms in total. The molecule has 130 valence electrons. The monoisotopic (exact) mass is 357 g/mol. The highest BCUT2D eigenvalue weighted by Crippen LogP contribution is 2.34. The lowest BCUT2D eigenvalue weighted by Crippen LogP contribution is -2.27. The first-order valence-electron chi connectivity index (χ1n) is 7.74. The molecule has 0 aliphatic rings. The van der Waals surface area contributed by atoms with Crippen molar-refractivity contribution in [2.24, 2.45) is 5.73 Å². The van der Waals surface area contributed by atoms with Crippen molar-refractivity contribution in [3.05, 3.63) is 41.8 Å². The Kier molecular flexibility index (Phi) is 4.26. The van der Waals surface area contributed by atoms with Gasteiger partial charge < -0.3 is 10.5 Å². The Balaban J connectivity index is 1.93. The number of fused-ring (bicyclic) bond motifs is 1. The quantitative estimate of drug-likeness (QED) is 0.700. The molecule has 0 saturated carbocycles. The highest BCUT2D eigenvalue weighted by molar-refractivity contribution is 7.14. The van der Waals surface area contributed by atoms with Gasteiger partial charge in [0.25, 0.3) is 0 Å². The van der Waals surface area contributed by atoms with Crippen molar-refractivity contribution >= 4 is 40.1 Å². The Hall–Kier alpha value is -2.80. The Labute approximate surface area is 149 Å². The number of amides is 2. The molecule has 0 bridgehead atoms. The van der Waals surface area contributed by atoms with Crippen molar-refractivity contribution in [1.29, 1.82) is 0 Å². The molecule has 7 heteroatoms. The lowest BCUT2D eigenvalue weighted by Gasteiger charge is -2.19. The zero-order valence-corrected chi connectivity index (χ0v) is 15.0. The summed E-state index contributed by atoms with van der Waals surface area (Å²) in [6.07, 6.45) is -0.521. The number of nitrogens with one attached hydrogen (secondary N) is 1. The van der Waals surface area contributed by atoms with Crippen LogP contribution in [-0.4, -0.2) is 22.3 Å². The Bertz CT molecular complexity index is 950. The average Bonchev–Trinajstić information content (AvgIpc) is 3.08. The van der Waals surface area contributed by atoms with E-state index in [0.29, 0.717) is 11.4 Å². The van der Waals surface area contributed by atoms with E-state index in [1.54, 1.807) is 32.2 Å². The zero-order valence-electron chi connectivity index (χ0n) is 14.2. The molecule has 2 amide bonds. The molecule has 25 heavy (non-hydrogen) atoms. The molecule has 3 rings (SSSR count). The second-order valence-corrected chi connectivity index (χ2v) is 7.50. The van der Waals surface area contributed by atoms with Crippen molar-refractivity contribution in [2.45, 2.75) is 26.4 Å². The fourth-order valence-corrected chi connectivity index (χ4v) is 3.38. The van der Waals surface area contributed by atoms with Gasteiger partial charge >= 0.3 is 12.1 Å². The van der Waals surface area contributed by atoms with Crippen molar-refractivity contribution < 1.29 is 14.3 Å². The number of anilines is 1. The molecule has 0 radical (unpaired) electrons. The van der Waals surface area contributed by atoms with E-state index in [-0.39, 0.29) is 0 Å². The molecular formula is C18H19N3O3S. The number of hydrogen-bond acceptors (Lipinski definition) is 4. The number of hydrogen-bond donors (Lipinski definition) is 2. The summed E-state index contributed by atoms with van der Waals surface area (Å²) in [5.74, 6) is 0. The number of rotatable bonds is 2. The van der Waals surface area contributed by atoms with E-state index in [9.17, 15) is 9.59 Å². The number of carbonyl (C=O) groups excluding carboxylic acids is 2. The molecule has 0 saturated heterocycles. The second-order valence-electron chi connectivity index (χ2n) is 6.59. The maximum absolute atomic E-state index is 11.9. The van der Waals surface area contributed by atoms with Crippen LogP contribution in [0.2, 0.25) is 0 Å². The SMILES string of the molecule is CC(C)(C)OC(=O)Nc1csc(-c2cc3ccccc3n2C(N)=O)c1. The molecule has 1 aromatic carbocycles. The maximum Gasteiger partial charge on any atom is 0.412 e. The molecule has 0 aliphatic carbocycles. The van der Waals surface area contributed by atoms with E-state index in [1.807, 2.05) is 30.3 Å². The molecule has 0 aliphatic heterocycles. The highest BCUT2D eigenvalue weighted by atomic mass is 32.1. The minimum Gasteiger partial charge on any atom is -0.444 e. The lowest BCUT2D eigenvalue weighted by atomic mass is 10.2. The molecule has 3 N–H and O–H groups in total. The third-order valence-electron chi connectivity index (χ3n) is 3.43. The topological polar surface area (TPSA) is 86.3 Å². The van der Waals surface area contributed by atoms with Gasteiger partial charge in [0.1, 0.15) is 5.60 Å². The van der Waals surface area contributed by atoms with E-state index in [2.05, 4.69) is 5.32 Å². The van der Waals surface area contributed by atoms with Gasteiger partial charge in [0.05, 0.1) is 21.8 Å². The number of nitrogens with zero attached hydrogens (tertiary/aromatic N) is 1. The van der Waals surface area contributed by atoms with E-state index >= 15 is 0 Å². The molecule has 0 fully saturated rings. The van der Waals surface area contributed by atoms with Crippen LogP contribution in [0, 0.1) is 0 Å². The third-order valence-corrected chi connectivity index (χ3v) is 4.38. The van der Waals surface area contributed by atoms with Crippen LogP contribution in [0.15, 0.2) is 41.8 Å². The zero-order chi connectivity index (χ0) is 18.2. The summed E-state index contributed by atoms with van der Waals surface area (Å²) in [5.41, 5.74) is 7.04. The number of para-hydroxylation sites is 1. The predicted molar refractivity (Wildman–Crippen MR) is 100 cm³/mol. The Morgan fingerprint density at radius 1 is 1.20 bits per heavy atom. The highest BCUT2D eigenvalue weighted by Gasteiger charge is 2.18. The van der Waals surface area contributed by atoms with Crippen LogP contribution >= 0.6 is 11.3 Å². The fourth-order valence-electron chi connectivity index (χ4n) is 2.53. The van der Waals surface area contributed by atoms with Crippen LogP contribution in [0.4, 0.5) is 15.3 Å². The van der Waals surface area contributed by atoms with Gasteiger partial charge in [-0.05, 0) is 39.0 Å². The van der Waals surface area contributed by atoms with Gasteiger partial charge in [0.2, 0.25) is 0 Å². The molecule has 2 aromatic heterocycles. The summed E-state index contributed by atoms with van der Waals surface area (Å²) in [5, 5.41) is 5.41. The summed E-state index contributed by atoms with van der Waals surface area (Å²) in [4.78, 5) is 24.6. The van der Waals surface area contributed by atoms with Gasteiger partial charge in [-0.1, -0.05) is 18.2 Å². The van der Waals surface area contributed by atoms with Crippen molar-refractivity contribution in [2.75, 3.05) is 5.32 Å². The van der Waals surface area contributed by atoms with Crippen LogP contribution in [0.25, 0.3) is 21.5 Å². The molecule has 3 aromatic rings. The van der Waals surface area contributed by atoms with Crippen LogP contribution < -0.4 is 11.1 Å². The second kappa shape index (κ2) is 6.25. The molecule has 0 spiro atoms. The van der Waals surface area contributed by atoms with Gasteiger partial charge in [-0.3, -0.25) is 9.88 Å². The van der Waals surface area contributed by atoms with E-state index in [0.717, 1.165) is 15.8 Å². The summed E-state index contributed by atoms with van der Waals surface area (Å²) in [6.45, 7) is 5.41. The summed E-state index contributed by atoms with van der Waals surface area (Å²) < 4.78 is 6.71. The maximum atomic E-state index is 11.9.